The summed E-state index contributed by atoms with van der Waals surface area (Å²) in [5.41, 5.74) is 0. The van der Waals surface area contributed by atoms with Gasteiger partial charge in [0.25, 0.3) is 0 Å². The molecular formula is C7H17NO. The highest BCUT2D eigenvalue weighted by atomic mass is 16.5. The van der Waals surface area contributed by atoms with Crippen LogP contribution in [0.2, 0.25) is 0 Å². The maximum Gasteiger partial charge on any atom is 0.0488 e. The molecule has 0 bridgehead atoms. The third kappa shape index (κ3) is 5.80. The molecule has 0 amide bonds. The van der Waals surface area contributed by atoms with E-state index >= 15 is 0 Å². The Morgan fingerprint density at radius 3 is 2.67 bits per heavy atom. The van der Waals surface area contributed by atoms with Crippen LogP contribution in [0.3, 0.4) is 0 Å². The van der Waals surface area contributed by atoms with E-state index in [4.69, 9.17) is 4.74 Å². The third-order valence-electron chi connectivity index (χ3n) is 1.34. The first-order valence-corrected chi connectivity index (χ1v) is 3.44. The molecule has 1 unspecified atom stereocenters. The minimum atomic E-state index is 0.683. The van der Waals surface area contributed by atoms with E-state index in [0.717, 1.165) is 13.2 Å². The van der Waals surface area contributed by atoms with Crippen molar-refractivity contribution in [2.45, 2.75) is 13.3 Å². The quantitative estimate of drug-likeness (QED) is 0.598. The molecule has 2 heteroatoms. The molecule has 1 atom stereocenters. The molecule has 0 aliphatic heterocycles. The average molecular weight is 131 g/mol. The summed E-state index contributed by atoms with van der Waals surface area (Å²) in [4.78, 5) is 0. The van der Waals surface area contributed by atoms with Gasteiger partial charge < -0.3 is 10.1 Å². The van der Waals surface area contributed by atoms with E-state index in [1.54, 1.807) is 7.11 Å². The van der Waals surface area contributed by atoms with Crippen LogP contribution < -0.4 is 5.32 Å². The van der Waals surface area contributed by atoms with Gasteiger partial charge in [-0.2, -0.15) is 0 Å². The Hall–Kier alpha value is -0.0800. The Bertz CT molecular complexity index is 56.9. The largest absolute Gasteiger partial charge is 0.384 e. The van der Waals surface area contributed by atoms with Crippen molar-refractivity contribution in [3.8, 4) is 0 Å². The number of ether oxygens (including phenoxy) is 1. The standard InChI is InChI=1S/C7H17NO/c1-7(6-9-3)4-5-8-2/h7-8H,4-6H2,1-3H3. The molecule has 0 saturated heterocycles. The van der Waals surface area contributed by atoms with Crippen LogP contribution in [-0.2, 0) is 4.74 Å². The van der Waals surface area contributed by atoms with Gasteiger partial charge in [-0.05, 0) is 25.9 Å². The van der Waals surface area contributed by atoms with Crippen molar-refractivity contribution >= 4 is 0 Å². The van der Waals surface area contributed by atoms with Gasteiger partial charge in [-0.25, -0.2) is 0 Å². The summed E-state index contributed by atoms with van der Waals surface area (Å²) in [6, 6.07) is 0. The highest BCUT2D eigenvalue weighted by molar-refractivity contribution is 4.51. The fourth-order valence-electron chi connectivity index (χ4n) is 0.759. The Balaban J connectivity index is 2.95. The zero-order valence-corrected chi connectivity index (χ0v) is 6.61. The first kappa shape index (κ1) is 8.92. The van der Waals surface area contributed by atoms with E-state index in [0.29, 0.717) is 5.92 Å². The van der Waals surface area contributed by atoms with Crippen molar-refractivity contribution < 1.29 is 4.74 Å². The van der Waals surface area contributed by atoms with Crippen LogP contribution in [0.25, 0.3) is 0 Å². The number of hydrogen-bond donors (Lipinski definition) is 1. The molecule has 0 aromatic carbocycles. The lowest BCUT2D eigenvalue weighted by Crippen LogP contribution is -2.14. The Morgan fingerprint density at radius 1 is 1.56 bits per heavy atom. The molecule has 0 fully saturated rings. The first-order chi connectivity index (χ1) is 4.31. The third-order valence-corrected chi connectivity index (χ3v) is 1.34. The molecule has 56 valence electrons. The molecular weight excluding hydrogens is 114 g/mol. The number of hydrogen-bond acceptors (Lipinski definition) is 2. The first-order valence-electron chi connectivity index (χ1n) is 3.44. The topological polar surface area (TPSA) is 21.3 Å². The predicted octanol–water partition coefficient (Wildman–Crippen LogP) is 0.878. The van der Waals surface area contributed by atoms with Gasteiger partial charge >= 0.3 is 0 Å². The van der Waals surface area contributed by atoms with Gasteiger partial charge in [-0.1, -0.05) is 6.92 Å². The molecule has 0 radical (unpaired) electrons. The molecule has 0 aromatic rings. The number of rotatable bonds is 5. The molecule has 1 N–H and O–H groups in total. The summed E-state index contributed by atoms with van der Waals surface area (Å²) in [5.74, 6) is 0.683. The van der Waals surface area contributed by atoms with Gasteiger partial charge in [0, 0.05) is 13.7 Å². The second kappa shape index (κ2) is 6.05. The maximum atomic E-state index is 4.97. The van der Waals surface area contributed by atoms with E-state index in [1.165, 1.54) is 6.42 Å². The van der Waals surface area contributed by atoms with Crippen molar-refractivity contribution in [1.29, 1.82) is 0 Å². The molecule has 0 heterocycles. The molecule has 0 aromatic heterocycles. The van der Waals surface area contributed by atoms with Crippen LogP contribution in [0.15, 0.2) is 0 Å². The SMILES string of the molecule is CNCCC(C)COC. The Kier molecular flexibility index (Phi) is 5.99. The molecule has 2 nitrogen and oxygen atoms in total. The van der Waals surface area contributed by atoms with Gasteiger partial charge in [-0.3, -0.25) is 0 Å². The van der Waals surface area contributed by atoms with E-state index in [1.807, 2.05) is 7.05 Å². The predicted molar refractivity (Wildman–Crippen MR) is 39.6 cm³/mol. The molecule has 0 aliphatic carbocycles. The fourth-order valence-corrected chi connectivity index (χ4v) is 0.759. The van der Waals surface area contributed by atoms with Crippen molar-refractivity contribution in [2.24, 2.45) is 5.92 Å². The van der Waals surface area contributed by atoms with Crippen molar-refractivity contribution in [2.75, 3.05) is 27.3 Å². The van der Waals surface area contributed by atoms with Gasteiger partial charge in [-0.15, -0.1) is 0 Å². The highest BCUT2D eigenvalue weighted by Crippen LogP contribution is 1.98. The van der Waals surface area contributed by atoms with E-state index < -0.39 is 0 Å². The highest BCUT2D eigenvalue weighted by Gasteiger charge is 1.97. The lowest BCUT2D eigenvalue weighted by molar-refractivity contribution is 0.156. The Labute approximate surface area is 57.6 Å². The van der Waals surface area contributed by atoms with Crippen LogP contribution in [0.1, 0.15) is 13.3 Å². The smallest absolute Gasteiger partial charge is 0.0488 e. The minimum absolute atomic E-state index is 0.683. The van der Waals surface area contributed by atoms with Crippen molar-refractivity contribution in [3.63, 3.8) is 0 Å². The van der Waals surface area contributed by atoms with Gasteiger partial charge in [0.05, 0.1) is 0 Å². The summed E-state index contributed by atoms with van der Waals surface area (Å²) >= 11 is 0. The summed E-state index contributed by atoms with van der Waals surface area (Å²) in [6.07, 6.45) is 1.20. The molecule has 9 heavy (non-hydrogen) atoms. The van der Waals surface area contributed by atoms with Gasteiger partial charge in [0.2, 0.25) is 0 Å². The molecule has 0 saturated carbocycles. The zero-order valence-electron chi connectivity index (χ0n) is 6.61. The Morgan fingerprint density at radius 2 is 2.22 bits per heavy atom. The van der Waals surface area contributed by atoms with Crippen LogP contribution in [0.4, 0.5) is 0 Å². The van der Waals surface area contributed by atoms with E-state index in [-0.39, 0.29) is 0 Å². The minimum Gasteiger partial charge on any atom is -0.384 e. The second-order valence-corrected chi connectivity index (χ2v) is 2.45. The van der Waals surface area contributed by atoms with E-state index in [9.17, 15) is 0 Å². The second-order valence-electron chi connectivity index (χ2n) is 2.45. The van der Waals surface area contributed by atoms with E-state index in [2.05, 4.69) is 12.2 Å². The summed E-state index contributed by atoms with van der Waals surface area (Å²) in [7, 11) is 3.72. The maximum absolute atomic E-state index is 4.97. The summed E-state index contributed by atoms with van der Waals surface area (Å²) < 4.78 is 4.97. The normalized spacial score (nSPS) is 13.7. The van der Waals surface area contributed by atoms with Crippen LogP contribution in [-0.4, -0.2) is 27.3 Å². The lowest BCUT2D eigenvalue weighted by atomic mass is 10.1. The van der Waals surface area contributed by atoms with Gasteiger partial charge in [0.15, 0.2) is 0 Å². The number of nitrogens with one attached hydrogen (secondary N) is 1. The zero-order chi connectivity index (χ0) is 7.11. The van der Waals surface area contributed by atoms with Crippen molar-refractivity contribution in [3.05, 3.63) is 0 Å². The fraction of sp³-hybridized carbons (Fsp3) is 1.00. The number of methoxy groups -OCH3 is 1. The molecule has 0 rings (SSSR count). The lowest BCUT2D eigenvalue weighted by Gasteiger charge is -2.07. The monoisotopic (exact) mass is 131 g/mol. The molecule has 0 aliphatic rings. The van der Waals surface area contributed by atoms with Crippen LogP contribution >= 0.6 is 0 Å². The van der Waals surface area contributed by atoms with Crippen LogP contribution in [0, 0.1) is 5.92 Å². The van der Waals surface area contributed by atoms with Gasteiger partial charge in [0.1, 0.15) is 0 Å². The summed E-state index contributed by atoms with van der Waals surface area (Å²) in [6.45, 7) is 4.16. The summed E-state index contributed by atoms with van der Waals surface area (Å²) in [5, 5.41) is 3.10. The van der Waals surface area contributed by atoms with Crippen molar-refractivity contribution in [1.82, 2.24) is 5.32 Å². The van der Waals surface area contributed by atoms with Crippen LogP contribution in [0.5, 0.6) is 0 Å². The average Bonchev–Trinajstić information content (AvgIpc) is 1.85. The molecule has 0 spiro atoms.